The van der Waals surface area contributed by atoms with E-state index in [1.807, 2.05) is 4.90 Å². The molecule has 3 fully saturated rings. The predicted octanol–water partition coefficient (Wildman–Crippen LogP) is 4.17. The molecule has 2 aromatic rings. The number of rotatable bonds is 2. The van der Waals surface area contributed by atoms with Gasteiger partial charge in [-0.1, -0.05) is 29.3 Å². The Morgan fingerprint density at radius 2 is 2.03 bits per heavy atom. The van der Waals surface area contributed by atoms with Gasteiger partial charge >= 0.3 is 0 Å². The molecule has 4 aliphatic rings. The van der Waals surface area contributed by atoms with Crippen LogP contribution < -0.4 is 4.90 Å². The van der Waals surface area contributed by atoms with Crippen molar-refractivity contribution in [2.45, 2.75) is 56.9 Å². The molecule has 3 atom stereocenters. The van der Waals surface area contributed by atoms with Crippen molar-refractivity contribution in [2.75, 3.05) is 24.5 Å². The summed E-state index contributed by atoms with van der Waals surface area (Å²) in [6.07, 6.45) is 9.61. The van der Waals surface area contributed by atoms with Gasteiger partial charge in [-0.3, -0.25) is 4.79 Å². The summed E-state index contributed by atoms with van der Waals surface area (Å²) in [6, 6.07) is 9.03. The van der Waals surface area contributed by atoms with Crippen LogP contribution in [0.1, 0.15) is 60.2 Å². The minimum absolute atomic E-state index is 0.0694. The van der Waals surface area contributed by atoms with Crippen LogP contribution in [0.15, 0.2) is 35.0 Å². The fourth-order valence-electron chi connectivity index (χ4n) is 6.79. The quantitative estimate of drug-likeness (QED) is 0.771. The van der Waals surface area contributed by atoms with Crippen molar-refractivity contribution in [3.8, 4) is 0 Å². The number of benzene rings is 1. The van der Waals surface area contributed by atoms with Crippen LogP contribution in [0.25, 0.3) is 0 Å². The number of fused-ring (bicyclic) bond motifs is 4. The Balaban J connectivity index is 1.27. The lowest BCUT2D eigenvalue weighted by molar-refractivity contribution is 0.0838. The first-order chi connectivity index (χ1) is 14.1. The minimum atomic E-state index is -0.0694. The van der Waals surface area contributed by atoms with Gasteiger partial charge in [-0.15, -0.1) is 0 Å². The monoisotopic (exact) mass is 391 g/mol. The van der Waals surface area contributed by atoms with E-state index >= 15 is 0 Å². The molecule has 2 aliphatic carbocycles. The SMILES string of the molecule is Cc1ccc2c(c1)C1(CCN(C3CC4CCC3C4)CC1)CN2C(=O)c1ccno1. The van der Waals surface area contributed by atoms with E-state index in [0.29, 0.717) is 5.76 Å². The van der Waals surface area contributed by atoms with Crippen LogP contribution in [0.2, 0.25) is 0 Å². The summed E-state index contributed by atoms with van der Waals surface area (Å²) >= 11 is 0. The summed E-state index contributed by atoms with van der Waals surface area (Å²) in [5, 5.41) is 3.73. The number of carbonyl (C=O) groups is 1. The van der Waals surface area contributed by atoms with E-state index in [2.05, 4.69) is 35.2 Å². The standard InChI is InChI=1S/C24H29N3O2/c1-16-2-5-20-19(12-16)24(15-27(20)23(28)22-6-9-25-29-22)7-10-26(11-8-24)21-14-17-3-4-18(21)13-17/h2,5-6,9,12,17-18,21H,3-4,7-8,10-11,13-15H2,1H3. The van der Waals surface area contributed by atoms with Crippen LogP contribution in [0, 0.1) is 18.8 Å². The molecule has 0 N–H and O–H groups in total. The van der Waals surface area contributed by atoms with Gasteiger partial charge in [0.15, 0.2) is 0 Å². The van der Waals surface area contributed by atoms with Crippen molar-refractivity contribution >= 4 is 11.6 Å². The molecule has 0 radical (unpaired) electrons. The number of anilines is 1. The van der Waals surface area contributed by atoms with Gasteiger partial charge in [0.1, 0.15) is 0 Å². The van der Waals surface area contributed by atoms with E-state index in [1.165, 1.54) is 36.8 Å². The van der Waals surface area contributed by atoms with Crippen LogP contribution in [0.4, 0.5) is 5.69 Å². The maximum Gasteiger partial charge on any atom is 0.296 e. The Bertz CT molecular complexity index is 930. The molecule has 29 heavy (non-hydrogen) atoms. The third-order valence-corrected chi connectivity index (χ3v) is 8.29. The Morgan fingerprint density at radius 1 is 1.17 bits per heavy atom. The molecule has 6 rings (SSSR count). The van der Waals surface area contributed by atoms with E-state index in [-0.39, 0.29) is 11.3 Å². The third-order valence-electron chi connectivity index (χ3n) is 8.29. The molecule has 1 aromatic heterocycles. The van der Waals surface area contributed by atoms with Crippen LogP contribution in [-0.2, 0) is 5.41 Å². The number of aryl methyl sites for hydroxylation is 1. The zero-order chi connectivity index (χ0) is 19.6. The second kappa shape index (κ2) is 6.43. The fraction of sp³-hybridized carbons (Fsp3) is 0.583. The summed E-state index contributed by atoms with van der Waals surface area (Å²) in [4.78, 5) is 17.8. The van der Waals surface area contributed by atoms with Gasteiger partial charge in [-0.05, 0) is 75.6 Å². The Morgan fingerprint density at radius 3 is 2.72 bits per heavy atom. The molecule has 2 saturated carbocycles. The van der Waals surface area contributed by atoms with Crippen LogP contribution >= 0.6 is 0 Å². The Labute approximate surface area is 172 Å². The van der Waals surface area contributed by atoms with Crippen LogP contribution in [0.5, 0.6) is 0 Å². The predicted molar refractivity (Wildman–Crippen MR) is 111 cm³/mol. The van der Waals surface area contributed by atoms with Crippen LogP contribution in [0.3, 0.4) is 0 Å². The molecule has 2 aliphatic heterocycles. The van der Waals surface area contributed by atoms with Crippen LogP contribution in [-0.4, -0.2) is 41.6 Å². The number of likely N-dealkylation sites (tertiary alicyclic amines) is 1. The van der Waals surface area contributed by atoms with E-state index in [4.69, 9.17) is 4.52 Å². The zero-order valence-corrected chi connectivity index (χ0v) is 17.1. The molecule has 152 valence electrons. The van der Waals surface area contributed by atoms with Crippen molar-refractivity contribution in [1.29, 1.82) is 0 Å². The number of piperidine rings is 1. The van der Waals surface area contributed by atoms with Gasteiger partial charge in [0, 0.05) is 29.8 Å². The lowest BCUT2D eigenvalue weighted by Crippen LogP contribution is -2.50. The fourth-order valence-corrected chi connectivity index (χ4v) is 6.79. The van der Waals surface area contributed by atoms with Gasteiger partial charge in [0.05, 0.1) is 6.20 Å². The first-order valence-electron chi connectivity index (χ1n) is 11.2. The highest BCUT2D eigenvalue weighted by Crippen LogP contribution is 2.51. The van der Waals surface area contributed by atoms with Gasteiger partial charge in [0.25, 0.3) is 5.91 Å². The topological polar surface area (TPSA) is 49.6 Å². The molecule has 1 amide bonds. The van der Waals surface area contributed by atoms with E-state index in [9.17, 15) is 4.79 Å². The number of aromatic nitrogens is 1. The first kappa shape index (κ1) is 17.7. The number of carbonyl (C=O) groups excluding carboxylic acids is 1. The maximum absolute atomic E-state index is 13.1. The average molecular weight is 392 g/mol. The Hall–Kier alpha value is -2.14. The highest BCUT2D eigenvalue weighted by molar-refractivity contribution is 6.06. The van der Waals surface area contributed by atoms with Gasteiger partial charge < -0.3 is 14.3 Å². The van der Waals surface area contributed by atoms with E-state index in [1.54, 1.807) is 12.3 Å². The van der Waals surface area contributed by atoms with E-state index < -0.39 is 0 Å². The minimum Gasteiger partial charge on any atom is -0.351 e. The highest BCUT2D eigenvalue weighted by Gasteiger charge is 2.49. The maximum atomic E-state index is 13.1. The number of nitrogens with zero attached hydrogens (tertiary/aromatic N) is 3. The van der Waals surface area contributed by atoms with Crippen molar-refractivity contribution in [2.24, 2.45) is 11.8 Å². The summed E-state index contributed by atoms with van der Waals surface area (Å²) in [7, 11) is 0. The molecule has 3 unspecified atom stereocenters. The average Bonchev–Trinajstić information content (AvgIpc) is 3.53. The van der Waals surface area contributed by atoms with Crippen molar-refractivity contribution < 1.29 is 9.32 Å². The second-order valence-corrected chi connectivity index (χ2v) is 9.85. The summed E-state index contributed by atoms with van der Waals surface area (Å²) in [5.74, 6) is 2.19. The Kier molecular flexibility index (Phi) is 3.92. The summed E-state index contributed by atoms with van der Waals surface area (Å²) in [6.45, 7) is 5.23. The molecular formula is C24H29N3O2. The van der Waals surface area contributed by atoms with Gasteiger partial charge in [-0.25, -0.2) is 0 Å². The lowest BCUT2D eigenvalue weighted by atomic mass is 9.73. The molecule has 3 heterocycles. The molecule has 1 aromatic carbocycles. The van der Waals surface area contributed by atoms with E-state index in [0.717, 1.165) is 56.0 Å². The normalized spacial score (nSPS) is 30.2. The van der Waals surface area contributed by atoms with Crippen molar-refractivity contribution in [3.63, 3.8) is 0 Å². The molecule has 1 spiro atoms. The number of hydrogen-bond donors (Lipinski definition) is 0. The lowest BCUT2D eigenvalue weighted by Gasteiger charge is -2.44. The van der Waals surface area contributed by atoms with Crippen molar-refractivity contribution in [3.05, 3.63) is 47.3 Å². The summed E-state index contributed by atoms with van der Waals surface area (Å²) < 4.78 is 5.19. The highest BCUT2D eigenvalue weighted by atomic mass is 16.5. The van der Waals surface area contributed by atoms with Gasteiger partial charge in [-0.2, -0.15) is 0 Å². The molecule has 5 heteroatoms. The smallest absolute Gasteiger partial charge is 0.296 e. The number of amides is 1. The zero-order valence-electron chi connectivity index (χ0n) is 17.1. The molecular weight excluding hydrogens is 362 g/mol. The number of hydrogen-bond acceptors (Lipinski definition) is 4. The van der Waals surface area contributed by atoms with Gasteiger partial charge in [0.2, 0.25) is 5.76 Å². The molecule has 2 bridgehead atoms. The third kappa shape index (κ3) is 2.70. The largest absolute Gasteiger partial charge is 0.351 e. The summed E-state index contributed by atoms with van der Waals surface area (Å²) in [5.41, 5.74) is 3.77. The molecule has 1 saturated heterocycles. The first-order valence-corrected chi connectivity index (χ1v) is 11.2. The van der Waals surface area contributed by atoms with Crippen molar-refractivity contribution in [1.82, 2.24) is 10.1 Å². The molecule has 5 nitrogen and oxygen atoms in total. The second-order valence-electron chi connectivity index (χ2n) is 9.85.